The van der Waals surface area contributed by atoms with Crippen LogP contribution in [-0.4, -0.2) is 15.7 Å². The van der Waals surface area contributed by atoms with Crippen molar-refractivity contribution < 1.29 is 4.79 Å². The molecule has 136 valence electrons. The van der Waals surface area contributed by atoms with Crippen LogP contribution < -0.4 is 0 Å². The largest absolute Gasteiger partial charge is 0.272 e. The summed E-state index contributed by atoms with van der Waals surface area (Å²) in [7, 11) is 0. The first kappa shape index (κ1) is 18.4. The molecule has 0 unspecified atom stereocenters. The van der Waals surface area contributed by atoms with E-state index in [1.54, 1.807) is 4.68 Å². The summed E-state index contributed by atoms with van der Waals surface area (Å²) in [5.74, 6) is 0.0433. The molecule has 0 N–H and O–H groups in total. The molecule has 0 radical (unpaired) electrons. The highest BCUT2D eigenvalue weighted by Gasteiger charge is 2.17. The third-order valence-corrected chi connectivity index (χ3v) is 5.18. The third kappa shape index (κ3) is 3.87. The number of hydrogen-bond acceptors (Lipinski definition) is 2. The van der Waals surface area contributed by atoms with E-state index in [0.29, 0.717) is 6.42 Å². The predicted molar refractivity (Wildman–Crippen MR) is 108 cm³/mol. The van der Waals surface area contributed by atoms with Crippen molar-refractivity contribution >= 4 is 16.7 Å². The molecular weight excluding hydrogens is 320 g/mol. The summed E-state index contributed by atoms with van der Waals surface area (Å²) in [4.78, 5) is 12.9. The summed E-state index contributed by atoms with van der Waals surface area (Å²) >= 11 is 0. The van der Waals surface area contributed by atoms with E-state index in [-0.39, 0.29) is 5.91 Å². The van der Waals surface area contributed by atoms with Gasteiger partial charge in [0.15, 0.2) is 0 Å². The van der Waals surface area contributed by atoms with E-state index in [2.05, 4.69) is 30.2 Å². The van der Waals surface area contributed by atoms with Gasteiger partial charge in [-0.3, -0.25) is 4.79 Å². The van der Waals surface area contributed by atoms with Crippen molar-refractivity contribution in [3.05, 3.63) is 65.0 Å². The number of nitrogens with zero attached hydrogens (tertiary/aromatic N) is 2. The highest BCUT2D eigenvalue weighted by atomic mass is 16.2. The van der Waals surface area contributed by atoms with Crippen molar-refractivity contribution in [2.24, 2.45) is 0 Å². The van der Waals surface area contributed by atoms with E-state index in [9.17, 15) is 4.79 Å². The van der Waals surface area contributed by atoms with E-state index < -0.39 is 0 Å². The number of benzene rings is 2. The molecule has 26 heavy (non-hydrogen) atoms. The maximum Gasteiger partial charge on any atom is 0.251 e. The molecule has 3 nitrogen and oxygen atoms in total. The first-order chi connectivity index (χ1) is 12.6. The van der Waals surface area contributed by atoms with Crippen LogP contribution in [0.5, 0.6) is 0 Å². The first-order valence-electron chi connectivity index (χ1n) is 9.66. The maximum atomic E-state index is 12.9. The van der Waals surface area contributed by atoms with Crippen LogP contribution >= 0.6 is 0 Å². The average molecular weight is 348 g/mol. The number of hydrogen-bond donors (Lipinski definition) is 0. The monoisotopic (exact) mass is 348 g/mol. The zero-order chi connectivity index (χ0) is 18.5. The molecule has 0 aliphatic rings. The molecule has 0 aliphatic heterocycles. The zero-order valence-electron chi connectivity index (χ0n) is 16.1. The van der Waals surface area contributed by atoms with Crippen LogP contribution in [0.15, 0.2) is 42.5 Å². The van der Waals surface area contributed by atoms with E-state index in [1.165, 1.54) is 36.6 Å². The first-order valence-corrected chi connectivity index (χ1v) is 9.66. The quantitative estimate of drug-likeness (QED) is 0.516. The van der Waals surface area contributed by atoms with Crippen LogP contribution in [0.4, 0.5) is 0 Å². The minimum Gasteiger partial charge on any atom is -0.272 e. The molecule has 3 heteroatoms. The number of carbonyl (C=O) groups is 1. The van der Waals surface area contributed by atoms with Crippen molar-refractivity contribution in [1.29, 1.82) is 0 Å². The SMILES string of the molecule is CCCCCCc1c(C)nn(C(=O)Cc2cccc3ccccc23)c1C. The molecule has 1 heterocycles. The number of aryl methyl sites for hydroxylation is 1. The Morgan fingerprint density at radius 3 is 2.58 bits per heavy atom. The Hall–Kier alpha value is -2.42. The second kappa shape index (κ2) is 8.31. The number of fused-ring (bicyclic) bond motifs is 1. The zero-order valence-corrected chi connectivity index (χ0v) is 16.1. The molecule has 0 saturated heterocycles. The molecule has 0 atom stereocenters. The molecule has 0 fully saturated rings. The molecule has 0 aliphatic carbocycles. The number of aromatic nitrogens is 2. The number of carbonyl (C=O) groups excluding carboxylic acids is 1. The summed E-state index contributed by atoms with van der Waals surface area (Å²) in [6.45, 7) is 6.26. The predicted octanol–water partition coefficient (Wildman–Crippen LogP) is 5.66. The Morgan fingerprint density at radius 2 is 1.77 bits per heavy atom. The van der Waals surface area contributed by atoms with Gasteiger partial charge >= 0.3 is 0 Å². The molecule has 1 aromatic heterocycles. The minimum atomic E-state index is 0.0433. The summed E-state index contributed by atoms with van der Waals surface area (Å²) in [5, 5.41) is 6.86. The third-order valence-electron chi connectivity index (χ3n) is 5.18. The van der Waals surface area contributed by atoms with Crippen molar-refractivity contribution in [3.8, 4) is 0 Å². The van der Waals surface area contributed by atoms with E-state index in [1.807, 2.05) is 38.1 Å². The lowest BCUT2D eigenvalue weighted by Crippen LogP contribution is -2.17. The lowest BCUT2D eigenvalue weighted by Gasteiger charge is -2.08. The van der Waals surface area contributed by atoms with Crippen LogP contribution in [0.2, 0.25) is 0 Å². The Morgan fingerprint density at radius 1 is 1.00 bits per heavy atom. The van der Waals surface area contributed by atoms with Crippen molar-refractivity contribution in [1.82, 2.24) is 9.78 Å². The number of rotatable bonds is 7. The fourth-order valence-electron chi connectivity index (χ4n) is 3.69. The van der Waals surface area contributed by atoms with Crippen LogP contribution in [0, 0.1) is 13.8 Å². The van der Waals surface area contributed by atoms with Gasteiger partial charge in [-0.2, -0.15) is 5.10 Å². The Bertz CT molecular complexity index is 902. The Kier molecular flexibility index (Phi) is 5.87. The molecule has 3 rings (SSSR count). The summed E-state index contributed by atoms with van der Waals surface area (Å²) < 4.78 is 1.62. The highest BCUT2D eigenvalue weighted by Crippen LogP contribution is 2.21. The summed E-state index contributed by atoms with van der Waals surface area (Å²) in [6.07, 6.45) is 6.30. The Labute approximate surface area is 156 Å². The van der Waals surface area contributed by atoms with Gasteiger partial charge in [0, 0.05) is 5.69 Å². The standard InChI is InChI=1S/C23H28N2O/c1-4-5-6-7-14-21-17(2)24-25(18(21)3)23(26)16-20-13-10-12-19-11-8-9-15-22(19)20/h8-13,15H,4-7,14,16H2,1-3H3. The highest BCUT2D eigenvalue weighted by molar-refractivity contribution is 5.91. The normalized spacial score (nSPS) is 11.2. The molecule has 0 amide bonds. The molecule has 0 bridgehead atoms. The molecular formula is C23H28N2O. The number of unbranched alkanes of at least 4 members (excludes halogenated alkanes) is 3. The van der Waals surface area contributed by atoms with Crippen LogP contribution in [0.1, 0.15) is 59.9 Å². The smallest absolute Gasteiger partial charge is 0.251 e. The lowest BCUT2D eigenvalue weighted by atomic mass is 10.0. The summed E-state index contributed by atoms with van der Waals surface area (Å²) in [5.41, 5.74) is 4.30. The van der Waals surface area contributed by atoms with Gasteiger partial charge in [-0.25, -0.2) is 4.68 Å². The van der Waals surface area contributed by atoms with Gasteiger partial charge in [-0.05, 0) is 48.6 Å². The van der Waals surface area contributed by atoms with Crippen LogP contribution in [0.25, 0.3) is 10.8 Å². The summed E-state index contributed by atoms with van der Waals surface area (Å²) in [6, 6.07) is 14.4. The van der Waals surface area contributed by atoms with Gasteiger partial charge in [0.05, 0.1) is 12.1 Å². The van der Waals surface area contributed by atoms with Gasteiger partial charge in [0.25, 0.3) is 5.91 Å². The molecule has 2 aromatic carbocycles. The van der Waals surface area contributed by atoms with Gasteiger partial charge in [0.2, 0.25) is 0 Å². The molecule has 3 aromatic rings. The van der Waals surface area contributed by atoms with E-state index >= 15 is 0 Å². The average Bonchev–Trinajstić information content (AvgIpc) is 2.93. The van der Waals surface area contributed by atoms with Gasteiger partial charge in [-0.15, -0.1) is 0 Å². The lowest BCUT2D eigenvalue weighted by molar-refractivity contribution is 0.0896. The van der Waals surface area contributed by atoms with Crippen molar-refractivity contribution in [2.45, 2.75) is 59.3 Å². The second-order valence-corrected chi connectivity index (χ2v) is 7.08. The van der Waals surface area contributed by atoms with Crippen LogP contribution in [-0.2, 0) is 12.8 Å². The Balaban J connectivity index is 1.79. The molecule has 0 spiro atoms. The van der Waals surface area contributed by atoms with Crippen molar-refractivity contribution in [2.75, 3.05) is 0 Å². The topological polar surface area (TPSA) is 34.9 Å². The molecule has 0 saturated carbocycles. The maximum absolute atomic E-state index is 12.9. The van der Waals surface area contributed by atoms with Crippen molar-refractivity contribution in [3.63, 3.8) is 0 Å². The van der Waals surface area contributed by atoms with Gasteiger partial charge < -0.3 is 0 Å². The van der Waals surface area contributed by atoms with Crippen LogP contribution in [0.3, 0.4) is 0 Å². The second-order valence-electron chi connectivity index (χ2n) is 7.08. The minimum absolute atomic E-state index is 0.0433. The van der Waals surface area contributed by atoms with E-state index in [0.717, 1.165) is 28.8 Å². The van der Waals surface area contributed by atoms with E-state index in [4.69, 9.17) is 0 Å². The fourth-order valence-corrected chi connectivity index (χ4v) is 3.69. The van der Waals surface area contributed by atoms with Gasteiger partial charge in [0.1, 0.15) is 0 Å². The fraction of sp³-hybridized carbons (Fsp3) is 0.391. The van der Waals surface area contributed by atoms with Gasteiger partial charge in [-0.1, -0.05) is 68.7 Å².